The van der Waals surface area contributed by atoms with Crippen LogP contribution in [-0.4, -0.2) is 31.1 Å². The van der Waals surface area contributed by atoms with Crippen molar-refractivity contribution in [3.05, 3.63) is 34.1 Å². The molecule has 0 unspecified atom stereocenters. The van der Waals surface area contributed by atoms with Gasteiger partial charge < -0.3 is 5.32 Å². The van der Waals surface area contributed by atoms with Crippen LogP contribution in [0, 0.1) is 11.7 Å². The third-order valence-corrected chi connectivity index (χ3v) is 5.33. The minimum Gasteiger partial charge on any atom is -0.314 e. The van der Waals surface area contributed by atoms with Crippen LogP contribution in [0.15, 0.2) is 22.7 Å². The number of benzene rings is 1. The summed E-state index contributed by atoms with van der Waals surface area (Å²) in [4.78, 5) is 2.56. The first-order valence-electron chi connectivity index (χ1n) is 8.15. The van der Waals surface area contributed by atoms with Gasteiger partial charge in [-0.1, -0.05) is 35.2 Å². The van der Waals surface area contributed by atoms with Crippen molar-refractivity contribution in [3.63, 3.8) is 0 Å². The summed E-state index contributed by atoms with van der Waals surface area (Å²) in [5.74, 6) is 0.542. The Kier molecular flexibility index (Phi) is 9.39. The first-order valence-corrected chi connectivity index (χ1v) is 8.94. The zero-order chi connectivity index (χ0) is 14.7. The lowest BCUT2D eigenvalue weighted by Gasteiger charge is -2.41. The number of piperazine rings is 1. The average Bonchev–Trinajstić information content (AvgIpc) is 2.49. The monoisotopic (exact) mass is 426 g/mol. The second kappa shape index (κ2) is 10.2. The molecule has 1 N–H and O–H groups in total. The number of hydrogen-bond donors (Lipinski definition) is 1. The van der Waals surface area contributed by atoms with Crippen LogP contribution in [-0.2, 0) is 0 Å². The highest BCUT2D eigenvalue weighted by Crippen LogP contribution is 2.39. The van der Waals surface area contributed by atoms with Gasteiger partial charge in [-0.25, -0.2) is 4.39 Å². The highest BCUT2D eigenvalue weighted by molar-refractivity contribution is 9.10. The van der Waals surface area contributed by atoms with E-state index >= 15 is 0 Å². The lowest BCUT2D eigenvalue weighted by Crippen LogP contribution is -2.47. The van der Waals surface area contributed by atoms with Gasteiger partial charge in [-0.2, -0.15) is 0 Å². The van der Waals surface area contributed by atoms with Crippen LogP contribution in [0.25, 0.3) is 0 Å². The number of hydrogen-bond acceptors (Lipinski definition) is 2. The zero-order valence-corrected chi connectivity index (χ0v) is 16.5. The highest BCUT2D eigenvalue weighted by atomic mass is 79.9. The first-order chi connectivity index (χ1) is 10.2. The molecule has 2 fully saturated rings. The summed E-state index contributed by atoms with van der Waals surface area (Å²) in [7, 11) is 0. The van der Waals surface area contributed by atoms with Gasteiger partial charge in [-0.05, 0) is 42.5 Å². The fourth-order valence-electron chi connectivity index (χ4n) is 3.94. The maximum atomic E-state index is 13.9. The van der Waals surface area contributed by atoms with Gasteiger partial charge in [-0.3, -0.25) is 4.90 Å². The molecular weight excluding hydrogens is 402 g/mol. The molecule has 1 saturated heterocycles. The van der Waals surface area contributed by atoms with Crippen LogP contribution >= 0.6 is 40.7 Å². The summed E-state index contributed by atoms with van der Waals surface area (Å²) in [6.07, 6.45) is 6.57. The predicted octanol–water partition coefficient (Wildman–Crippen LogP) is 4.96. The molecular formula is C17H26BrCl2FN2. The Morgan fingerprint density at radius 2 is 1.70 bits per heavy atom. The molecule has 2 nitrogen and oxygen atoms in total. The Morgan fingerprint density at radius 1 is 1.04 bits per heavy atom. The summed E-state index contributed by atoms with van der Waals surface area (Å²) >= 11 is 3.46. The van der Waals surface area contributed by atoms with Gasteiger partial charge in [0.2, 0.25) is 0 Å². The van der Waals surface area contributed by atoms with E-state index in [0.717, 1.165) is 36.2 Å². The van der Waals surface area contributed by atoms with Crippen molar-refractivity contribution in [2.45, 2.75) is 38.1 Å². The molecule has 23 heavy (non-hydrogen) atoms. The molecule has 1 atom stereocenters. The molecule has 1 heterocycles. The fraction of sp³-hybridized carbons (Fsp3) is 0.647. The van der Waals surface area contributed by atoms with Crippen LogP contribution in [0.1, 0.15) is 43.7 Å². The predicted molar refractivity (Wildman–Crippen MR) is 102 cm³/mol. The molecule has 3 rings (SSSR count). The van der Waals surface area contributed by atoms with Gasteiger partial charge in [-0.15, -0.1) is 24.8 Å². The van der Waals surface area contributed by atoms with Crippen LogP contribution in [0.2, 0.25) is 0 Å². The van der Waals surface area contributed by atoms with E-state index in [2.05, 4.69) is 32.2 Å². The van der Waals surface area contributed by atoms with Gasteiger partial charge in [0.25, 0.3) is 0 Å². The van der Waals surface area contributed by atoms with Gasteiger partial charge >= 0.3 is 0 Å². The summed E-state index contributed by atoms with van der Waals surface area (Å²) in [6, 6.07) is 5.79. The molecule has 6 heteroatoms. The molecule has 0 spiro atoms. The topological polar surface area (TPSA) is 15.3 Å². The molecule has 1 aromatic carbocycles. The van der Waals surface area contributed by atoms with Crippen molar-refractivity contribution in [2.24, 2.45) is 5.92 Å². The minimum absolute atomic E-state index is 0. The Morgan fingerprint density at radius 3 is 2.30 bits per heavy atom. The van der Waals surface area contributed by atoms with Crippen molar-refractivity contribution >= 4 is 40.7 Å². The maximum absolute atomic E-state index is 13.9. The summed E-state index contributed by atoms with van der Waals surface area (Å²) in [5, 5.41) is 3.42. The minimum atomic E-state index is -0.129. The Hall–Kier alpha value is 0.130. The molecule has 1 aliphatic heterocycles. The number of halogens is 4. The lowest BCUT2D eigenvalue weighted by molar-refractivity contribution is 0.103. The van der Waals surface area contributed by atoms with Crippen molar-refractivity contribution in [3.8, 4) is 0 Å². The van der Waals surface area contributed by atoms with E-state index in [1.807, 2.05) is 0 Å². The van der Waals surface area contributed by atoms with Gasteiger partial charge in [0.05, 0.1) is 0 Å². The molecule has 0 radical (unpaired) electrons. The second-order valence-electron chi connectivity index (χ2n) is 6.33. The van der Waals surface area contributed by atoms with Crippen LogP contribution in [0.3, 0.4) is 0 Å². The van der Waals surface area contributed by atoms with Crippen molar-refractivity contribution < 1.29 is 4.39 Å². The SMILES string of the molecule is Cl.Cl.Fc1cc(Br)cc([C@H](C2CCCCC2)N2CCNCC2)c1. The van der Waals surface area contributed by atoms with Crippen LogP contribution in [0.4, 0.5) is 4.39 Å². The summed E-state index contributed by atoms with van der Waals surface area (Å²) < 4.78 is 14.7. The quantitative estimate of drug-likeness (QED) is 0.733. The van der Waals surface area contributed by atoms with Crippen LogP contribution in [0.5, 0.6) is 0 Å². The normalized spacial score (nSPS) is 21.1. The van der Waals surface area contributed by atoms with Gasteiger partial charge in [0, 0.05) is 36.7 Å². The smallest absolute Gasteiger partial charge is 0.124 e. The molecule has 2 aliphatic rings. The third kappa shape index (κ3) is 5.57. The highest BCUT2D eigenvalue weighted by Gasteiger charge is 2.31. The van der Waals surface area contributed by atoms with Gasteiger partial charge in [0.1, 0.15) is 5.82 Å². The van der Waals surface area contributed by atoms with E-state index < -0.39 is 0 Å². The average molecular weight is 428 g/mol. The van der Waals surface area contributed by atoms with Crippen molar-refractivity contribution in [1.29, 1.82) is 0 Å². The third-order valence-electron chi connectivity index (χ3n) is 4.87. The number of rotatable bonds is 3. The fourth-order valence-corrected chi connectivity index (χ4v) is 4.42. The molecule has 1 saturated carbocycles. The van der Waals surface area contributed by atoms with E-state index in [1.54, 1.807) is 12.1 Å². The summed E-state index contributed by atoms with van der Waals surface area (Å²) in [5.41, 5.74) is 1.15. The van der Waals surface area contributed by atoms with Gasteiger partial charge in [0.15, 0.2) is 0 Å². The van der Waals surface area contributed by atoms with E-state index in [1.165, 1.54) is 32.1 Å². The molecule has 1 aliphatic carbocycles. The maximum Gasteiger partial charge on any atom is 0.124 e. The molecule has 1 aromatic rings. The Bertz CT molecular complexity index is 439. The van der Waals surface area contributed by atoms with E-state index in [9.17, 15) is 4.39 Å². The van der Waals surface area contributed by atoms with Crippen LogP contribution < -0.4 is 5.32 Å². The molecule has 0 bridgehead atoms. The van der Waals surface area contributed by atoms with E-state index in [4.69, 9.17) is 0 Å². The second-order valence-corrected chi connectivity index (χ2v) is 7.25. The van der Waals surface area contributed by atoms with Crippen molar-refractivity contribution in [2.75, 3.05) is 26.2 Å². The first kappa shape index (κ1) is 21.2. The van der Waals surface area contributed by atoms with E-state index in [-0.39, 0.29) is 30.6 Å². The number of nitrogens with zero attached hydrogens (tertiary/aromatic N) is 1. The number of nitrogens with one attached hydrogen (secondary N) is 1. The summed E-state index contributed by atoms with van der Waals surface area (Å²) in [6.45, 7) is 4.21. The molecule has 132 valence electrons. The van der Waals surface area contributed by atoms with E-state index in [0.29, 0.717) is 12.0 Å². The standard InChI is InChI=1S/C17H24BrFN2.2ClH/c18-15-10-14(11-16(19)12-15)17(13-4-2-1-3-5-13)21-8-6-20-7-9-21;;/h10-13,17,20H,1-9H2;2*1H/t17-;;/m0../s1. The van der Waals surface area contributed by atoms with Crippen molar-refractivity contribution in [1.82, 2.24) is 10.2 Å². The Labute approximate surface area is 159 Å². The largest absolute Gasteiger partial charge is 0.314 e. The lowest BCUT2D eigenvalue weighted by atomic mass is 9.80. The molecule has 0 amide bonds. The zero-order valence-electron chi connectivity index (χ0n) is 13.3. The Balaban J connectivity index is 0.00000132. The molecule has 0 aromatic heterocycles.